The van der Waals surface area contributed by atoms with E-state index in [1.807, 2.05) is 0 Å². The quantitative estimate of drug-likeness (QED) is 0.808. The van der Waals surface area contributed by atoms with Gasteiger partial charge in [-0.2, -0.15) is 0 Å². The molecule has 1 aromatic rings. The predicted octanol–water partition coefficient (Wildman–Crippen LogP) is 3.92. The van der Waals surface area contributed by atoms with Gasteiger partial charge in [0.2, 0.25) is 5.91 Å². The van der Waals surface area contributed by atoms with E-state index >= 15 is 0 Å². The molecule has 118 valence electrons. The summed E-state index contributed by atoms with van der Waals surface area (Å²) in [7, 11) is 0. The average molecular weight is 321 g/mol. The zero-order chi connectivity index (χ0) is 15.9. The standard InChI is InChI=1S/C17H21ClN2O2/c1-12(21)20-14-7-8-16(18)15(11-14)17(22)19-10-9-13-5-3-2-4-6-13/h5,7-8,11H,2-4,6,9-10H2,1H3,(H,19,22)(H,20,21). The van der Waals surface area contributed by atoms with Crippen LogP contribution >= 0.6 is 11.6 Å². The first-order chi connectivity index (χ1) is 10.6. The van der Waals surface area contributed by atoms with E-state index in [4.69, 9.17) is 11.6 Å². The molecule has 5 heteroatoms. The van der Waals surface area contributed by atoms with Crippen LogP contribution < -0.4 is 10.6 Å². The Morgan fingerprint density at radius 2 is 2.09 bits per heavy atom. The van der Waals surface area contributed by atoms with Crippen LogP contribution in [-0.4, -0.2) is 18.4 Å². The van der Waals surface area contributed by atoms with E-state index in [2.05, 4.69) is 16.7 Å². The molecule has 2 N–H and O–H groups in total. The van der Waals surface area contributed by atoms with Crippen molar-refractivity contribution < 1.29 is 9.59 Å². The molecule has 1 aromatic carbocycles. The molecule has 2 amide bonds. The van der Waals surface area contributed by atoms with Gasteiger partial charge in [-0.15, -0.1) is 0 Å². The van der Waals surface area contributed by atoms with Crippen LogP contribution in [0.5, 0.6) is 0 Å². The highest BCUT2D eigenvalue weighted by molar-refractivity contribution is 6.34. The third-order valence-electron chi connectivity index (χ3n) is 3.65. The van der Waals surface area contributed by atoms with Crippen LogP contribution in [-0.2, 0) is 4.79 Å². The van der Waals surface area contributed by atoms with Crippen molar-refractivity contribution in [2.45, 2.75) is 39.0 Å². The number of anilines is 1. The van der Waals surface area contributed by atoms with E-state index in [9.17, 15) is 9.59 Å². The minimum atomic E-state index is -0.214. The summed E-state index contributed by atoms with van der Waals surface area (Å²) >= 11 is 6.07. The van der Waals surface area contributed by atoms with Gasteiger partial charge in [-0.3, -0.25) is 9.59 Å². The molecule has 1 aliphatic carbocycles. The Labute approximate surface area is 135 Å². The molecule has 0 aliphatic heterocycles. The molecular formula is C17H21ClN2O2. The van der Waals surface area contributed by atoms with Gasteiger partial charge < -0.3 is 10.6 Å². The van der Waals surface area contributed by atoms with Crippen molar-refractivity contribution >= 4 is 29.1 Å². The number of rotatable bonds is 5. The van der Waals surface area contributed by atoms with Crippen LogP contribution in [0.25, 0.3) is 0 Å². The molecule has 4 nitrogen and oxygen atoms in total. The van der Waals surface area contributed by atoms with Crippen molar-refractivity contribution in [3.05, 3.63) is 40.4 Å². The van der Waals surface area contributed by atoms with E-state index in [-0.39, 0.29) is 11.8 Å². The van der Waals surface area contributed by atoms with E-state index < -0.39 is 0 Å². The van der Waals surface area contributed by atoms with E-state index in [0.29, 0.717) is 22.8 Å². The summed E-state index contributed by atoms with van der Waals surface area (Å²) in [6.45, 7) is 2.03. The number of hydrogen-bond acceptors (Lipinski definition) is 2. The summed E-state index contributed by atoms with van der Waals surface area (Å²) < 4.78 is 0. The number of nitrogens with one attached hydrogen (secondary N) is 2. The molecule has 1 aliphatic rings. The van der Waals surface area contributed by atoms with E-state index in [1.165, 1.54) is 25.3 Å². The number of carbonyl (C=O) groups excluding carboxylic acids is 2. The monoisotopic (exact) mass is 320 g/mol. The van der Waals surface area contributed by atoms with Gasteiger partial charge in [0.1, 0.15) is 0 Å². The Hall–Kier alpha value is -1.81. The Bertz CT molecular complexity index is 596. The minimum absolute atomic E-state index is 0.182. The predicted molar refractivity (Wildman–Crippen MR) is 89.3 cm³/mol. The van der Waals surface area contributed by atoms with Crippen molar-refractivity contribution in [2.75, 3.05) is 11.9 Å². The van der Waals surface area contributed by atoms with Crippen molar-refractivity contribution in [3.8, 4) is 0 Å². The normalized spacial score (nSPS) is 14.2. The van der Waals surface area contributed by atoms with Crippen LogP contribution in [0.3, 0.4) is 0 Å². The lowest BCUT2D eigenvalue weighted by Gasteiger charge is -2.13. The Balaban J connectivity index is 1.93. The molecule has 0 saturated carbocycles. The highest BCUT2D eigenvalue weighted by atomic mass is 35.5. The van der Waals surface area contributed by atoms with Crippen LogP contribution in [0.15, 0.2) is 29.8 Å². The molecule has 0 unspecified atom stereocenters. The maximum Gasteiger partial charge on any atom is 0.252 e. The van der Waals surface area contributed by atoms with Crippen LogP contribution in [0.1, 0.15) is 49.4 Å². The molecule has 0 bridgehead atoms. The fraction of sp³-hybridized carbons (Fsp3) is 0.412. The van der Waals surface area contributed by atoms with Crippen LogP contribution in [0, 0.1) is 0 Å². The molecule has 0 saturated heterocycles. The second-order valence-electron chi connectivity index (χ2n) is 5.49. The van der Waals surface area contributed by atoms with Gasteiger partial charge in [-0.1, -0.05) is 23.3 Å². The van der Waals surface area contributed by atoms with Gasteiger partial charge in [0, 0.05) is 19.2 Å². The van der Waals surface area contributed by atoms with E-state index in [1.54, 1.807) is 18.2 Å². The fourth-order valence-corrected chi connectivity index (χ4v) is 2.75. The molecule has 2 rings (SSSR count). The summed E-state index contributed by atoms with van der Waals surface area (Å²) in [4.78, 5) is 23.3. The van der Waals surface area contributed by atoms with Gasteiger partial charge in [0.25, 0.3) is 5.91 Å². The van der Waals surface area contributed by atoms with Crippen molar-refractivity contribution in [1.82, 2.24) is 5.32 Å². The second kappa shape index (κ2) is 7.99. The minimum Gasteiger partial charge on any atom is -0.352 e. The molecule has 22 heavy (non-hydrogen) atoms. The third kappa shape index (κ3) is 4.88. The van der Waals surface area contributed by atoms with Crippen molar-refractivity contribution in [2.24, 2.45) is 0 Å². The second-order valence-corrected chi connectivity index (χ2v) is 5.90. The lowest BCUT2D eigenvalue weighted by Crippen LogP contribution is -2.25. The summed E-state index contributed by atoms with van der Waals surface area (Å²) in [5.74, 6) is -0.397. The fourth-order valence-electron chi connectivity index (χ4n) is 2.54. The zero-order valence-electron chi connectivity index (χ0n) is 12.7. The summed E-state index contributed by atoms with van der Waals surface area (Å²) in [5, 5.41) is 5.92. The largest absolute Gasteiger partial charge is 0.352 e. The molecule has 0 heterocycles. The highest BCUT2D eigenvalue weighted by Crippen LogP contribution is 2.21. The van der Waals surface area contributed by atoms with Gasteiger partial charge in [-0.05, 0) is 50.3 Å². The SMILES string of the molecule is CC(=O)Nc1ccc(Cl)c(C(=O)NCCC2=CCCCC2)c1. The van der Waals surface area contributed by atoms with Gasteiger partial charge in [-0.25, -0.2) is 0 Å². The molecule has 0 spiro atoms. The Morgan fingerprint density at radius 1 is 1.27 bits per heavy atom. The number of carbonyl (C=O) groups is 2. The van der Waals surface area contributed by atoms with Crippen LogP contribution in [0.2, 0.25) is 5.02 Å². The van der Waals surface area contributed by atoms with Gasteiger partial charge in [0.15, 0.2) is 0 Å². The van der Waals surface area contributed by atoms with Crippen LogP contribution in [0.4, 0.5) is 5.69 Å². The third-order valence-corrected chi connectivity index (χ3v) is 3.98. The van der Waals surface area contributed by atoms with Crippen molar-refractivity contribution in [1.29, 1.82) is 0 Å². The first-order valence-corrected chi connectivity index (χ1v) is 7.97. The lowest BCUT2D eigenvalue weighted by atomic mass is 9.97. The number of benzene rings is 1. The Kier molecular flexibility index (Phi) is 6.01. The maximum absolute atomic E-state index is 12.2. The Morgan fingerprint density at radius 3 is 2.77 bits per heavy atom. The molecule has 0 atom stereocenters. The summed E-state index contributed by atoms with van der Waals surface area (Å²) in [6, 6.07) is 4.89. The molecule has 0 fully saturated rings. The number of amides is 2. The smallest absolute Gasteiger partial charge is 0.252 e. The number of halogens is 1. The molecular weight excluding hydrogens is 300 g/mol. The lowest BCUT2D eigenvalue weighted by molar-refractivity contribution is -0.114. The van der Waals surface area contributed by atoms with Crippen molar-refractivity contribution in [3.63, 3.8) is 0 Å². The van der Waals surface area contributed by atoms with Gasteiger partial charge >= 0.3 is 0 Å². The summed E-state index contributed by atoms with van der Waals surface area (Å²) in [6.07, 6.45) is 7.95. The maximum atomic E-state index is 12.2. The molecule has 0 aromatic heterocycles. The highest BCUT2D eigenvalue weighted by Gasteiger charge is 2.12. The zero-order valence-corrected chi connectivity index (χ0v) is 13.5. The first-order valence-electron chi connectivity index (χ1n) is 7.59. The number of allylic oxidation sites excluding steroid dienone is 1. The first kappa shape index (κ1) is 16.6. The summed E-state index contributed by atoms with van der Waals surface area (Å²) in [5.41, 5.74) is 2.37. The number of hydrogen-bond donors (Lipinski definition) is 2. The van der Waals surface area contributed by atoms with Gasteiger partial charge in [0.05, 0.1) is 10.6 Å². The average Bonchev–Trinajstić information content (AvgIpc) is 2.49. The molecule has 0 radical (unpaired) electrons. The van der Waals surface area contributed by atoms with E-state index in [0.717, 1.165) is 19.3 Å². The topological polar surface area (TPSA) is 58.2 Å².